The summed E-state index contributed by atoms with van der Waals surface area (Å²) >= 11 is 0. The van der Waals surface area contributed by atoms with Gasteiger partial charge in [0.2, 0.25) is 11.7 Å². The lowest BCUT2D eigenvalue weighted by Gasteiger charge is -2.25. The molecule has 1 aliphatic rings. The minimum absolute atomic E-state index is 0.104. The lowest BCUT2D eigenvalue weighted by atomic mass is 9.96. The van der Waals surface area contributed by atoms with Crippen molar-refractivity contribution in [2.75, 3.05) is 34.5 Å². The van der Waals surface area contributed by atoms with Crippen molar-refractivity contribution >= 4 is 12.0 Å². The maximum absolute atomic E-state index is 13.3. The molecule has 1 saturated heterocycles. The summed E-state index contributed by atoms with van der Waals surface area (Å²) in [5.74, 6) is -0.473. The van der Waals surface area contributed by atoms with Crippen LogP contribution in [0.15, 0.2) is 42.5 Å². The van der Waals surface area contributed by atoms with E-state index < -0.39 is 30.6 Å². The molecule has 0 radical (unpaired) electrons. The van der Waals surface area contributed by atoms with Crippen LogP contribution in [-0.2, 0) is 16.0 Å². The van der Waals surface area contributed by atoms with Gasteiger partial charge in [-0.1, -0.05) is 30.3 Å². The molecule has 1 fully saturated rings. The van der Waals surface area contributed by atoms with Crippen molar-refractivity contribution in [3.63, 3.8) is 0 Å². The summed E-state index contributed by atoms with van der Waals surface area (Å²) in [6.45, 7) is -0.397. The molecule has 1 aliphatic heterocycles. The summed E-state index contributed by atoms with van der Waals surface area (Å²) < 4.78 is 21.1. The Labute approximate surface area is 174 Å². The normalized spacial score (nSPS) is 16.7. The highest BCUT2D eigenvalue weighted by atomic mass is 16.6. The number of aliphatic hydroxyl groups excluding tert-OH is 1. The van der Waals surface area contributed by atoms with Gasteiger partial charge < -0.3 is 24.1 Å². The van der Waals surface area contributed by atoms with Crippen molar-refractivity contribution < 1.29 is 33.6 Å². The molecule has 0 saturated carbocycles. The number of aliphatic hydroxyl groups is 1. The van der Waals surface area contributed by atoms with E-state index in [1.165, 1.54) is 21.3 Å². The van der Waals surface area contributed by atoms with Gasteiger partial charge in [-0.3, -0.25) is 4.79 Å². The van der Waals surface area contributed by atoms with Crippen LogP contribution in [0.2, 0.25) is 0 Å². The van der Waals surface area contributed by atoms with Crippen molar-refractivity contribution in [3.8, 4) is 17.2 Å². The van der Waals surface area contributed by atoms with Crippen LogP contribution >= 0.6 is 0 Å². The second-order valence-electron chi connectivity index (χ2n) is 6.82. The zero-order valence-corrected chi connectivity index (χ0v) is 17.2. The van der Waals surface area contributed by atoms with Crippen molar-refractivity contribution in [3.05, 3.63) is 53.6 Å². The van der Waals surface area contributed by atoms with Crippen LogP contribution in [0.3, 0.4) is 0 Å². The monoisotopic (exact) mass is 415 g/mol. The molecule has 160 valence electrons. The Hall–Kier alpha value is -3.26. The van der Waals surface area contributed by atoms with Crippen LogP contribution in [0, 0.1) is 0 Å². The fourth-order valence-corrected chi connectivity index (χ4v) is 3.56. The smallest absolute Gasteiger partial charge is 0.417 e. The number of methoxy groups -OCH3 is 3. The molecular formula is C22H25NO7. The number of hydrogen-bond acceptors (Lipinski definition) is 7. The second-order valence-corrected chi connectivity index (χ2v) is 6.82. The largest absolute Gasteiger partial charge is 0.493 e. The first-order chi connectivity index (χ1) is 14.5. The number of benzene rings is 2. The lowest BCUT2D eigenvalue weighted by molar-refractivity contribution is -0.131. The van der Waals surface area contributed by atoms with Crippen molar-refractivity contribution in [2.45, 2.75) is 18.4 Å². The Morgan fingerprint density at radius 1 is 1.13 bits per heavy atom. The first-order valence-electron chi connectivity index (χ1n) is 9.48. The predicted octanol–water partition coefficient (Wildman–Crippen LogP) is 2.38. The molecule has 1 N–H and O–H groups in total. The lowest BCUT2D eigenvalue weighted by Crippen LogP contribution is -2.43. The van der Waals surface area contributed by atoms with Crippen LogP contribution in [-0.4, -0.2) is 62.6 Å². The molecule has 8 heteroatoms. The summed E-state index contributed by atoms with van der Waals surface area (Å²) in [6, 6.07) is 12.3. The quantitative estimate of drug-likeness (QED) is 0.707. The van der Waals surface area contributed by atoms with E-state index in [0.717, 1.165) is 10.5 Å². The third-order valence-corrected chi connectivity index (χ3v) is 5.08. The molecule has 0 spiro atoms. The number of amides is 2. The Morgan fingerprint density at radius 2 is 1.77 bits per heavy atom. The fourth-order valence-electron chi connectivity index (χ4n) is 3.56. The van der Waals surface area contributed by atoms with E-state index >= 15 is 0 Å². The Bertz CT molecular complexity index is 875. The van der Waals surface area contributed by atoms with E-state index in [0.29, 0.717) is 29.2 Å². The van der Waals surface area contributed by atoms with Gasteiger partial charge in [-0.15, -0.1) is 0 Å². The molecule has 0 bridgehead atoms. The number of carbonyl (C=O) groups excluding carboxylic acids is 2. The Balaban J connectivity index is 1.92. The van der Waals surface area contributed by atoms with Gasteiger partial charge >= 0.3 is 6.09 Å². The van der Waals surface area contributed by atoms with Crippen LogP contribution in [0.5, 0.6) is 17.2 Å². The summed E-state index contributed by atoms with van der Waals surface area (Å²) in [4.78, 5) is 26.7. The molecule has 3 rings (SSSR count). The number of rotatable bonds is 8. The second kappa shape index (κ2) is 9.49. The number of ether oxygens (including phenoxy) is 4. The van der Waals surface area contributed by atoms with Crippen LogP contribution in [0.25, 0.3) is 0 Å². The highest BCUT2D eigenvalue weighted by Gasteiger charge is 2.41. The molecule has 2 aromatic rings. The maximum Gasteiger partial charge on any atom is 0.417 e. The number of hydrogen-bond donors (Lipinski definition) is 1. The zero-order chi connectivity index (χ0) is 21.7. The zero-order valence-electron chi connectivity index (χ0n) is 17.2. The summed E-state index contributed by atoms with van der Waals surface area (Å²) in [6.07, 6.45) is -0.252. The van der Waals surface area contributed by atoms with Gasteiger partial charge in [0.15, 0.2) is 11.5 Å². The van der Waals surface area contributed by atoms with Gasteiger partial charge in [-0.25, -0.2) is 9.69 Å². The number of cyclic esters (lactones) is 1. The topological polar surface area (TPSA) is 94.5 Å². The van der Waals surface area contributed by atoms with Crippen molar-refractivity contribution in [2.24, 2.45) is 0 Å². The molecule has 30 heavy (non-hydrogen) atoms. The maximum atomic E-state index is 13.3. The van der Waals surface area contributed by atoms with E-state index in [9.17, 15) is 14.7 Å². The number of imide groups is 1. The van der Waals surface area contributed by atoms with E-state index in [4.69, 9.17) is 18.9 Å². The third kappa shape index (κ3) is 4.18. The van der Waals surface area contributed by atoms with Crippen LogP contribution in [0.1, 0.15) is 17.0 Å². The first kappa shape index (κ1) is 21.4. The van der Waals surface area contributed by atoms with E-state index in [2.05, 4.69) is 0 Å². The average molecular weight is 415 g/mol. The number of nitrogens with zero attached hydrogens (tertiary/aromatic N) is 1. The summed E-state index contributed by atoms with van der Waals surface area (Å²) in [5.41, 5.74) is 1.42. The SMILES string of the molecule is COc1cc([C@@H](CO)C(=O)N2C(=O)OC[C@H]2Cc2ccccc2)cc(OC)c1OC. The van der Waals surface area contributed by atoms with E-state index in [1.807, 2.05) is 30.3 Å². The summed E-state index contributed by atoms with van der Waals surface area (Å²) in [5, 5.41) is 10.0. The fraction of sp³-hybridized carbons (Fsp3) is 0.364. The van der Waals surface area contributed by atoms with Gasteiger partial charge in [0, 0.05) is 0 Å². The molecule has 0 aromatic heterocycles. The van der Waals surface area contributed by atoms with Gasteiger partial charge in [-0.05, 0) is 29.7 Å². The highest BCUT2D eigenvalue weighted by Crippen LogP contribution is 2.40. The van der Waals surface area contributed by atoms with Gasteiger partial charge in [0.25, 0.3) is 0 Å². The van der Waals surface area contributed by atoms with Gasteiger partial charge in [0.05, 0.1) is 39.9 Å². The van der Waals surface area contributed by atoms with Gasteiger partial charge in [0.1, 0.15) is 6.61 Å². The standard InChI is InChI=1S/C22H25NO7/c1-27-18-10-15(11-19(28-2)20(18)29-3)17(12-24)21(25)23-16(13-30-22(23)26)9-14-7-5-4-6-8-14/h4-8,10-11,16-17,24H,9,12-13H2,1-3H3/t16-,17-/m1/s1. The molecule has 0 aliphatic carbocycles. The molecule has 2 aromatic carbocycles. The molecule has 8 nitrogen and oxygen atoms in total. The average Bonchev–Trinajstić information content (AvgIpc) is 3.13. The molecule has 2 atom stereocenters. The molecule has 0 unspecified atom stereocenters. The van der Waals surface area contributed by atoms with Crippen molar-refractivity contribution in [1.29, 1.82) is 0 Å². The van der Waals surface area contributed by atoms with E-state index in [-0.39, 0.29) is 6.61 Å². The predicted molar refractivity (Wildman–Crippen MR) is 108 cm³/mol. The molecule has 1 heterocycles. The van der Waals surface area contributed by atoms with Crippen molar-refractivity contribution in [1.82, 2.24) is 4.90 Å². The molecule has 2 amide bonds. The third-order valence-electron chi connectivity index (χ3n) is 5.08. The number of carbonyl (C=O) groups is 2. The minimum Gasteiger partial charge on any atom is -0.493 e. The van der Waals surface area contributed by atoms with E-state index in [1.54, 1.807) is 12.1 Å². The Kier molecular flexibility index (Phi) is 6.79. The van der Waals surface area contributed by atoms with Gasteiger partial charge in [-0.2, -0.15) is 0 Å². The highest BCUT2D eigenvalue weighted by molar-refractivity contribution is 5.97. The minimum atomic E-state index is -0.998. The van der Waals surface area contributed by atoms with Crippen LogP contribution in [0.4, 0.5) is 4.79 Å². The Morgan fingerprint density at radius 3 is 2.30 bits per heavy atom. The summed E-state index contributed by atoms with van der Waals surface area (Å²) in [7, 11) is 4.40. The van der Waals surface area contributed by atoms with Crippen LogP contribution < -0.4 is 14.2 Å². The first-order valence-corrected chi connectivity index (χ1v) is 9.48. The molecular weight excluding hydrogens is 390 g/mol.